The van der Waals surface area contributed by atoms with Crippen molar-refractivity contribution < 1.29 is 19.7 Å². The first-order chi connectivity index (χ1) is 13.0. The lowest BCUT2D eigenvalue weighted by Gasteiger charge is -2.19. The average Bonchev–Trinajstić information content (AvgIpc) is 2.59. The molecule has 1 aromatic carbocycles. The van der Waals surface area contributed by atoms with Gasteiger partial charge in [0, 0.05) is 5.56 Å². The maximum Gasteiger partial charge on any atom is 0.154 e. The summed E-state index contributed by atoms with van der Waals surface area (Å²) in [6.45, 7) is 12.6. The van der Waals surface area contributed by atoms with E-state index < -0.39 is 0 Å². The zero-order valence-corrected chi connectivity index (χ0v) is 18.6. The molecule has 4 nitrogen and oxygen atoms in total. The molecule has 0 atom stereocenters. The molecule has 0 saturated carbocycles. The van der Waals surface area contributed by atoms with Gasteiger partial charge in [-0.2, -0.15) is 0 Å². The molecule has 0 aliphatic carbocycles. The zero-order valence-electron chi connectivity index (χ0n) is 17.9. The number of aromatic hydroxyl groups is 2. The van der Waals surface area contributed by atoms with E-state index in [1.54, 1.807) is 6.92 Å². The summed E-state index contributed by atoms with van der Waals surface area (Å²) in [5, 5.41) is 20.6. The second-order valence-corrected chi connectivity index (χ2v) is 8.58. The number of allylic oxidation sites excluding steroid dienone is 3. The number of aldehydes is 1. The van der Waals surface area contributed by atoms with Crippen LogP contribution in [0.3, 0.4) is 0 Å². The minimum atomic E-state index is -0.201. The van der Waals surface area contributed by atoms with Crippen LogP contribution >= 0.6 is 11.6 Å². The quantitative estimate of drug-likeness (QED) is 0.372. The molecular weight excluding hydrogens is 376 g/mol. The lowest BCUT2D eigenvalue weighted by atomic mass is 9.99. The van der Waals surface area contributed by atoms with Crippen LogP contribution in [0, 0.1) is 6.92 Å². The van der Waals surface area contributed by atoms with E-state index in [-0.39, 0.29) is 33.2 Å². The highest BCUT2D eigenvalue weighted by atomic mass is 35.5. The Hall–Kier alpha value is -1.78. The van der Waals surface area contributed by atoms with E-state index in [0.29, 0.717) is 24.9 Å². The van der Waals surface area contributed by atoms with Gasteiger partial charge in [-0.05, 0) is 72.8 Å². The Bertz CT molecular complexity index is 755. The second kappa shape index (κ2) is 10.7. The van der Waals surface area contributed by atoms with E-state index in [2.05, 4.69) is 33.8 Å². The molecule has 0 radical (unpaired) electrons. The number of halogens is 1. The van der Waals surface area contributed by atoms with Crippen molar-refractivity contribution in [2.24, 2.45) is 0 Å². The van der Waals surface area contributed by atoms with E-state index >= 15 is 0 Å². The number of rotatable bonds is 9. The summed E-state index contributed by atoms with van der Waals surface area (Å²) in [5.41, 5.74) is 3.11. The van der Waals surface area contributed by atoms with Crippen LogP contribution < -0.4 is 0 Å². The molecule has 28 heavy (non-hydrogen) atoms. The van der Waals surface area contributed by atoms with Gasteiger partial charge in [0.15, 0.2) is 6.29 Å². The van der Waals surface area contributed by atoms with E-state index in [9.17, 15) is 15.0 Å². The normalized spacial score (nSPS) is 13.1. The van der Waals surface area contributed by atoms with Gasteiger partial charge in [0.25, 0.3) is 0 Å². The lowest BCUT2D eigenvalue weighted by molar-refractivity contribution is -0.000965. The first-order valence-corrected chi connectivity index (χ1v) is 9.99. The average molecular weight is 409 g/mol. The van der Waals surface area contributed by atoms with Crippen molar-refractivity contribution in [3.63, 3.8) is 0 Å². The van der Waals surface area contributed by atoms with Crippen LogP contribution in [0.1, 0.15) is 75.4 Å². The topological polar surface area (TPSA) is 66.8 Å². The first-order valence-electron chi connectivity index (χ1n) is 9.61. The predicted molar refractivity (Wildman–Crippen MR) is 116 cm³/mol. The third kappa shape index (κ3) is 7.33. The van der Waals surface area contributed by atoms with Gasteiger partial charge in [-0.3, -0.25) is 4.79 Å². The molecule has 156 valence electrons. The first kappa shape index (κ1) is 24.3. The second-order valence-electron chi connectivity index (χ2n) is 8.20. The summed E-state index contributed by atoms with van der Waals surface area (Å²) in [4.78, 5) is 11.2. The van der Waals surface area contributed by atoms with Crippen LogP contribution in [0.4, 0.5) is 0 Å². The highest BCUT2D eigenvalue weighted by Gasteiger charge is 2.19. The van der Waals surface area contributed by atoms with Crippen LogP contribution in [-0.4, -0.2) is 28.7 Å². The molecule has 0 unspecified atom stereocenters. The Kier molecular flexibility index (Phi) is 9.25. The standard InChI is InChI=1S/C23H33ClO4/c1-15(8-7-9-16(2)12-13-28-23(4,5)6)10-11-18-21(26)19(14-25)17(3)20(24)22(18)27/h9-10,14,26-27H,7-8,11-13H2,1-6H3/b15-10+,16-9+. The molecule has 5 heteroatoms. The minimum absolute atomic E-state index is 0.108. The fraction of sp³-hybridized carbons (Fsp3) is 0.522. The fourth-order valence-corrected chi connectivity index (χ4v) is 2.98. The van der Waals surface area contributed by atoms with Gasteiger partial charge in [-0.25, -0.2) is 0 Å². The van der Waals surface area contributed by atoms with Gasteiger partial charge in [-0.1, -0.05) is 34.9 Å². The van der Waals surface area contributed by atoms with Crippen molar-refractivity contribution in [2.45, 2.75) is 72.8 Å². The molecule has 1 rings (SSSR count). The number of phenolic OH excluding ortho intramolecular Hbond substituents is 2. The Labute approximate surface area is 173 Å². The molecule has 2 N–H and O–H groups in total. The van der Waals surface area contributed by atoms with E-state index in [1.165, 1.54) is 5.57 Å². The number of hydrogen-bond acceptors (Lipinski definition) is 4. The lowest BCUT2D eigenvalue weighted by Crippen LogP contribution is -2.19. The molecular formula is C23H33ClO4. The minimum Gasteiger partial charge on any atom is -0.507 e. The summed E-state index contributed by atoms with van der Waals surface area (Å²) in [5.74, 6) is -0.367. The number of carbonyl (C=O) groups is 1. The summed E-state index contributed by atoms with van der Waals surface area (Å²) >= 11 is 6.08. The van der Waals surface area contributed by atoms with E-state index in [0.717, 1.165) is 24.8 Å². The van der Waals surface area contributed by atoms with Crippen molar-refractivity contribution in [3.8, 4) is 11.5 Å². The highest BCUT2D eigenvalue weighted by Crippen LogP contribution is 2.40. The monoisotopic (exact) mass is 408 g/mol. The zero-order chi connectivity index (χ0) is 21.5. The highest BCUT2D eigenvalue weighted by molar-refractivity contribution is 6.33. The molecule has 0 heterocycles. The summed E-state index contributed by atoms with van der Waals surface area (Å²) in [6.07, 6.45) is 7.74. The third-order valence-corrected chi connectivity index (χ3v) is 5.07. The summed E-state index contributed by atoms with van der Waals surface area (Å²) in [7, 11) is 0. The van der Waals surface area contributed by atoms with Gasteiger partial charge >= 0.3 is 0 Å². The molecule has 0 spiro atoms. The molecule has 0 aromatic heterocycles. The van der Waals surface area contributed by atoms with Gasteiger partial charge < -0.3 is 14.9 Å². The van der Waals surface area contributed by atoms with Crippen molar-refractivity contribution in [2.75, 3.05) is 6.61 Å². The van der Waals surface area contributed by atoms with Gasteiger partial charge in [0.1, 0.15) is 11.5 Å². The molecule has 1 aromatic rings. The van der Waals surface area contributed by atoms with E-state index in [1.807, 2.05) is 13.0 Å². The summed E-state index contributed by atoms with van der Waals surface area (Å²) in [6, 6.07) is 0. The SMILES string of the molecule is C/C(=C\Cc1c(O)c(Cl)c(C)c(C=O)c1O)CC/C=C(\C)CCOC(C)(C)C. The Morgan fingerprint density at radius 1 is 1.07 bits per heavy atom. The Morgan fingerprint density at radius 2 is 1.68 bits per heavy atom. The number of hydrogen-bond donors (Lipinski definition) is 2. The van der Waals surface area contributed by atoms with Crippen LogP contribution in [-0.2, 0) is 11.2 Å². The smallest absolute Gasteiger partial charge is 0.154 e. The molecule has 0 saturated heterocycles. The fourth-order valence-electron chi connectivity index (χ4n) is 2.76. The van der Waals surface area contributed by atoms with Crippen LogP contribution in [0.25, 0.3) is 0 Å². The van der Waals surface area contributed by atoms with Crippen molar-refractivity contribution in [3.05, 3.63) is 45.0 Å². The molecule has 0 amide bonds. The Balaban J connectivity index is 2.68. The maximum absolute atomic E-state index is 11.2. The third-order valence-electron chi connectivity index (χ3n) is 4.60. The van der Waals surface area contributed by atoms with Crippen LogP contribution in [0.2, 0.25) is 5.02 Å². The van der Waals surface area contributed by atoms with Crippen molar-refractivity contribution in [1.29, 1.82) is 0 Å². The number of benzene rings is 1. The van der Waals surface area contributed by atoms with Gasteiger partial charge in [0.2, 0.25) is 0 Å². The maximum atomic E-state index is 11.2. The largest absolute Gasteiger partial charge is 0.507 e. The molecule has 0 bridgehead atoms. The van der Waals surface area contributed by atoms with E-state index in [4.69, 9.17) is 16.3 Å². The molecule has 0 fully saturated rings. The molecule has 0 aliphatic heterocycles. The number of ether oxygens (including phenoxy) is 1. The predicted octanol–water partition coefficient (Wildman–Crippen LogP) is 6.29. The van der Waals surface area contributed by atoms with Gasteiger partial charge in [-0.15, -0.1) is 0 Å². The van der Waals surface area contributed by atoms with Gasteiger partial charge in [0.05, 0.1) is 22.8 Å². The number of phenols is 2. The van der Waals surface area contributed by atoms with Crippen LogP contribution in [0.5, 0.6) is 11.5 Å². The summed E-state index contributed by atoms with van der Waals surface area (Å²) < 4.78 is 5.74. The van der Waals surface area contributed by atoms with Crippen molar-refractivity contribution >= 4 is 17.9 Å². The Morgan fingerprint density at radius 3 is 2.25 bits per heavy atom. The number of carbonyl (C=O) groups excluding carboxylic acids is 1. The van der Waals surface area contributed by atoms with Crippen molar-refractivity contribution in [1.82, 2.24) is 0 Å². The molecule has 0 aliphatic rings. The van der Waals surface area contributed by atoms with Crippen LogP contribution in [0.15, 0.2) is 23.3 Å².